The first-order valence-electron chi connectivity index (χ1n) is 8.51. The van der Waals surface area contributed by atoms with E-state index in [9.17, 15) is 14.7 Å². The van der Waals surface area contributed by atoms with Crippen LogP contribution in [0.2, 0.25) is 0 Å². The highest BCUT2D eigenvalue weighted by Crippen LogP contribution is 2.22. The first kappa shape index (κ1) is 17.7. The normalized spacial score (nSPS) is 12.3. The molecule has 3 N–H and O–H groups in total. The number of para-hydroxylation sites is 1. The number of aliphatic carboxylic acids is 1. The Morgan fingerprint density at radius 2 is 1.73 bits per heavy atom. The number of hydrogen-bond acceptors (Lipinski definition) is 3. The van der Waals surface area contributed by atoms with Crippen molar-refractivity contribution >= 4 is 22.8 Å². The van der Waals surface area contributed by atoms with Gasteiger partial charge in [0.2, 0.25) is 0 Å². The van der Waals surface area contributed by atoms with Gasteiger partial charge in [-0.05, 0) is 23.1 Å². The van der Waals surface area contributed by atoms with E-state index in [0.717, 1.165) is 16.6 Å². The minimum Gasteiger partial charge on any atom is -0.481 e. The van der Waals surface area contributed by atoms with Crippen molar-refractivity contribution in [1.29, 1.82) is 0 Å². The minimum atomic E-state index is -0.977. The monoisotopic (exact) mass is 351 g/mol. The Kier molecular flexibility index (Phi) is 5.02. The summed E-state index contributed by atoms with van der Waals surface area (Å²) < 4.78 is 0. The summed E-state index contributed by atoms with van der Waals surface area (Å²) in [6.45, 7) is 4.18. The van der Waals surface area contributed by atoms with Crippen LogP contribution in [0, 0.1) is 0 Å². The third-order valence-corrected chi connectivity index (χ3v) is 4.37. The summed E-state index contributed by atoms with van der Waals surface area (Å²) in [6.07, 6.45) is -0.199. The van der Waals surface area contributed by atoms with Gasteiger partial charge in [0.1, 0.15) is 0 Å². The van der Waals surface area contributed by atoms with E-state index in [1.807, 2.05) is 42.5 Å². The van der Waals surface area contributed by atoms with Gasteiger partial charge < -0.3 is 10.4 Å². The predicted octanol–water partition coefficient (Wildman–Crippen LogP) is 3.63. The van der Waals surface area contributed by atoms with E-state index in [1.165, 1.54) is 0 Å². The third-order valence-electron chi connectivity index (χ3n) is 4.37. The maximum Gasteiger partial charge on any atom is 0.305 e. The number of carboxylic acid groups (broad SMARTS) is 1. The van der Waals surface area contributed by atoms with Gasteiger partial charge in [0.15, 0.2) is 5.69 Å². The number of carboxylic acids is 1. The second-order valence-corrected chi connectivity index (χ2v) is 6.56. The van der Waals surface area contributed by atoms with Gasteiger partial charge in [-0.25, -0.2) is 0 Å². The highest BCUT2D eigenvalue weighted by Gasteiger charge is 2.21. The number of nitrogens with zero attached hydrogens (tertiary/aromatic N) is 1. The largest absolute Gasteiger partial charge is 0.481 e. The topological polar surface area (TPSA) is 95.1 Å². The fraction of sp³-hybridized carbons (Fsp3) is 0.250. The lowest BCUT2D eigenvalue weighted by Gasteiger charge is -2.18. The number of amides is 1. The molecule has 134 valence electrons. The summed E-state index contributed by atoms with van der Waals surface area (Å²) in [4.78, 5) is 23.9. The molecule has 1 aromatic heterocycles. The van der Waals surface area contributed by atoms with Crippen LogP contribution in [0.25, 0.3) is 10.9 Å². The molecule has 1 unspecified atom stereocenters. The zero-order valence-electron chi connectivity index (χ0n) is 14.7. The molecule has 1 amide bonds. The average Bonchev–Trinajstić information content (AvgIpc) is 3.05. The lowest BCUT2D eigenvalue weighted by molar-refractivity contribution is -0.137. The first-order valence-corrected chi connectivity index (χ1v) is 8.51. The van der Waals surface area contributed by atoms with E-state index in [1.54, 1.807) is 6.07 Å². The molecule has 0 radical (unpaired) electrons. The molecule has 0 aliphatic carbocycles. The molecular formula is C20H21N3O3. The highest BCUT2D eigenvalue weighted by atomic mass is 16.4. The first-order chi connectivity index (χ1) is 12.5. The molecule has 0 spiro atoms. The van der Waals surface area contributed by atoms with Crippen molar-refractivity contribution in [2.24, 2.45) is 0 Å². The van der Waals surface area contributed by atoms with Crippen LogP contribution in [0.4, 0.5) is 0 Å². The third kappa shape index (κ3) is 3.74. The average molecular weight is 351 g/mol. The number of rotatable bonds is 6. The molecule has 0 aliphatic rings. The molecule has 0 saturated carbocycles. The number of fused-ring (bicyclic) bond motifs is 1. The fourth-order valence-electron chi connectivity index (χ4n) is 2.90. The number of aromatic amines is 1. The minimum absolute atomic E-state index is 0.199. The van der Waals surface area contributed by atoms with Gasteiger partial charge in [0, 0.05) is 5.39 Å². The van der Waals surface area contributed by atoms with Crippen molar-refractivity contribution in [2.75, 3.05) is 0 Å². The van der Waals surface area contributed by atoms with E-state index in [-0.39, 0.29) is 12.1 Å². The standard InChI is InChI=1S/C20H21N3O3/c1-12(2)13-7-9-14(10-8-13)17(11-18(24)25)21-20(26)19-15-5-3-4-6-16(15)22-23-19/h3-10,12,17H,11H2,1-2H3,(H,21,26)(H,22,23)(H,24,25). The molecule has 6 heteroatoms. The zero-order chi connectivity index (χ0) is 18.7. The van der Waals surface area contributed by atoms with Crippen molar-refractivity contribution in [3.05, 3.63) is 65.4 Å². The van der Waals surface area contributed by atoms with Gasteiger partial charge in [0.05, 0.1) is 18.0 Å². The lowest BCUT2D eigenvalue weighted by atomic mass is 9.97. The van der Waals surface area contributed by atoms with E-state index in [4.69, 9.17) is 0 Å². The van der Waals surface area contributed by atoms with Crippen molar-refractivity contribution in [3.8, 4) is 0 Å². The number of hydrogen-bond donors (Lipinski definition) is 3. The van der Waals surface area contributed by atoms with E-state index in [2.05, 4.69) is 29.4 Å². The van der Waals surface area contributed by atoms with Crippen molar-refractivity contribution in [3.63, 3.8) is 0 Å². The smallest absolute Gasteiger partial charge is 0.305 e. The van der Waals surface area contributed by atoms with Crippen LogP contribution in [-0.2, 0) is 4.79 Å². The van der Waals surface area contributed by atoms with Crippen molar-refractivity contribution in [1.82, 2.24) is 15.5 Å². The van der Waals surface area contributed by atoms with E-state index in [0.29, 0.717) is 11.3 Å². The second-order valence-electron chi connectivity index (χ2n) is 6.56. The highest BCUT2D eigenvalue weighted by molar-refractivity contribution is 6.04. The van der Waals surface area contributed by atoms with Crippen molar-refractivity contribution < 1.29 is 14.7 Å². The van der Waals surface area contributed by atoms with Gasteiger partial charge in [-0.1, -0.05) is 56.3 Å². The SMILES string of the molecule is CC(C)c1ccc(C(CC(=O)O)NC(=O)c2n[nH]c3ccccc23)cc1. The van der Waals surface area contributed by atoms with Crippen LogP contribution in [0.5, 0.6) is 0 Å². The van der Waals surface area contributed by atoms with Crippen LogP contribution in [0.15, 0.2) is 48.5 Å². The molecule has 0 bridgehead atoms. The summed E-state index contributed by atoms with van der Waals surface area (Å²) >= 11 is 0. The Bertz CT molecular complexity index is 929. The quantitative estimate of drug-likeness (QED) is 0.632. The van der Waals surface area contributed by atoms with Gasteiger partial charge >= 0.3 is 5.97 Å². The van der Waals surface area contributed by atoms with Crippen LogP contribution in [-0.4, -0.2) is 27.2 Å². The maximum atomic E-state index is 12.7. The van der Waals surface area contributed by atoms with Crippen LogP contribution in [0.3, 0.4) is 0 Å². The zero-order valence-corrected chi connectivity index (χ0v) is 14.7. The van der Waals surface area contributed by atoms with Gasteiger partial charge in [0.25, 0.3) is 5.91 Å². The number of carbonyl (C=O) groups excluding carboxylic acids is 1. The summed E-state index contributed by atoms with van der Waals surface area (Å²) in [5, 5.41) is 19.6. The number of carbonyl (C=O) groups is 2. The Labute approximate surface area is 151 Å². The van der Waals surface area contributed by atoms with Gasteiger partial charge in [-0.3, -0.25) is 14.7 Å². The Hall–Kier alpha value is -3.15. The van der Waals surface area contributed by atoms with E-state index >= 15 is 0 Å². The molecular weight excluding hydrogens is 330 g/mol. The summed E-state index contributed by atoms with van der Waals surface area (Å²) in [5.41, 5.74) is 2.93. The van der Waals surface area contributed by atoms with Crippen molar-refractivity contribution in [2.45, 2.75) is 32.2 Å². The van der Waals surface area contributed by atoms with Crippen LogP contribution in [0.1, 0.15) is 53.8 Å². The van der Waals surface area contributed by atoms with Gasteiger partial charge in [-0.2, -0.15) is 5.10 Å². The number of aromatic nitrogens is 2. The molecule has 1 heterocycles. The second kappa shape index (κ2) is 7.39. The number of nitrogens with one attached hydrogen (secondary N) is 2. The van der Waals surface area contributed by atoms with Crippen LogP contribution >= 0.6 is 0 Å². The molecule has 0 fully saturated rings. The lowest BCUT2D eigenvalue weighted by Crippen LogP contribution is -2.30. The molecule has 3 rings (SSSR count). The molecule has 2 aromatic carbocycles. The summed E-state index contributed by atoms with van der Waals surface area (Å²) in [7, 11) is 0. The Morgan fingerprint density at radius 1 is 1.08 bits per heavy atom. The summed E-state index contributed by atoms with van der Waals surface area (Å²) in [5.74, 6) is -0.997. The number of benzene rings is 2. The molecule has 0 saturated heterocycles. The Morgan fingerprint density at radius 3 is 2.38 bits per heavy atom. The molecule has 1 atom stereocenters. The number of H-pyrrole nitrogens is 1. The predicted molar refractivity (Wildman–Crippen MR) is 99.1 cm³/mol. The molecule has 26 heavy (non-hydrogen) atoms. The molecule has 6 nitrogen and oxygen atoms in total. The maximum absolute atomic E-state index is 12.7. The Balaban J connectivity index is 1.86. The molecule has 3 aromatic rings. The molecule has 0 aliphatic heterocycles. The van der Waals surface area contributed by atoms with Crippen LogP contribution < -0.4 is 5.32 Å². The van der Waals surface area contributed by atoms with E-state index < -0.39 is 17.9 Å². The van der Waals surface area contributed by atoms with Gasteiger partial charge in [-0.15, -0.1) is 0 Å². The summed E-state index contributed by atoms with van der Waals surface area (Å²) in [6, 6.07) is 14.3. The fourth-order valence-corrected chi connectivity index (χ4v) is 2.90.